The molecule has 26 heavy (non-hydrogen) atoms. The highest BCUT2D eigenvalue weighted by atomic mass is 79.9. The standard InChI is InChI=1S/C17H24BrN3O5/c1-17(2,3)26-16(24)19-10-14(22)21-8-6-11(7-9-21)20-15(23)12-4-5-13(18)25-12/h4-5,11H,6-10H2,1-3H3,(H,19,24)(H,20,23). The van der Waals surface area contributed by atoms with Gasteiger partial charge in [0.15, 0.2) is 10.4 Å². The smallest absolute Gasteiger partial charge is 0.408 e. The van der Waals surface area contributed by atoms with Crippen LogP contribution in [0.4, 0.5) is 4.79 Å². The zero-order chi connectivity index (χ0) is 19.3. The van der Waals surface area contributed by atoms with E-state index in [1.807, 2.05) is 0 Å². The van der Waals surface area contributed by atoms with Crippen LogP contribution in [0.5, 0.6) is 0 Å². The summed E-state index contributed by atoms with van der Waals surface area (Å²) in [5, 5.41) is 5.37. The zero-order valence-corrected chi connectivity index (χ0v) is 16.7. The van der Waals surface area contributed by atoms with E-state index in [1.54, 1.807) is 37.8 Å². The van der Waals surface area contributed by atoms with Gasteiger partial charge in [0.1, 0.15) is 12.1 Å². The third-order valence-corrected chi connectivity index (χ3v) is 4.19. The normalized spacial score (nSPS) is 15.5. The number of carbonyl (C=O) groups excluding carboxylic acids is 3. The molecule has 3 amide bonds. The number of alkyl carbamates (subject to hydrolysis) is 1. The van der Waals surface area contributed by atoms with E-state index in [2.05, 4.69) is 26.6 Å². The van der Waals surface area contributed by atoms with Crippen LogP contribution in [0, 0.1) is 0 Å². The summed E-state index contributed by atoms with van der Waals surface area (Å²) in [4.78, 5) is 37.5. The van der Waals surface area contributed by atoms with Gasteiger partial charge < -0.3 is 24.7 Å². The summed E-state index contributed by atoms with van der Waals surface area (Å²) in [5.74, 6) is -0.195. The Morgan fingerprint density at radius 1 is 1.27 bits per heavy atom. The Balaban J connectivity index is 1.71. The predicted octanol–water partition coefficient (Wildman–Crippen LogP) is 2.29. The number of likely N-dealkylation sites (tertiary alicyclic amines) is 1. The number of nitrogens with one attached hydrogen (secondary N) is 2. The van der Waals surface area contributed by atoms with Crippen LogP contribution in [0.15, 0.2) is 21.2 Å². The average molecular weight is 430 g/mol. The Morgan fingerprint density at radius 3 is 2.46 bits per heavy atom. The molecule has 0 saturated carbocycles. The number of furan rings is 1. The van der Waals surface area contributed by atoms with E-state index in [0.29, 0.717) is 30.6 Å². The van der Waals surface area contributed by atoms with Crippen molar-refractivity contribution in [3.05, 3.63) is 22.6 Å². The van der Waals surface area contributed by atoms with Crippen LogP contribution in [0.1, 0.15) is 44.2 Å². The molecule has 0 spiro atoms. The van der Waals surface area contributed by atoms with Gasteiger partial charge in [0, 0.05) is 19.1 Å². The molecular weight excluding hydrogens is 406 g/mol. The summed E-state index contributed by atoms with van der Waals surface area (Å²) in [6.07, 6.45) is 0.676. The lowest BCUT2D eigenvalue weighted by atomic mass is 10.0. The van der Waals surface area contributed by atoms with Gasteiger partial charge in [-0.25, -0.2) is 4.79 Å². The third-order valence-electron chi connectivity index (χ3n) is 3.76. The molecule has 1 saturated heterocycles. The highest BCUT2D eigenvalue weighted by Crippen LogP contribution is 2.16. The van der Waals surface area contributed by atoms with Crippen LogP contribution in [0.3, 0.4) is 0 Å². The largest absolute Gasteiger partial charge is 0.444 e. The number of piperidine rings is 1. The fourth-order valence-electron chi connectivity index (χ4n) is 2.54. The van der Waals surface area contributed by atoms with Crippen LogP contribution in [-0.2, 0) is 9.53 Å². The molecule has 1 aromatic heterocycles. The first-order valence-corrected chi connectivity index (χ1v) is 9.24. The van der Waals surface area contributed by atoms with Crippen molar-refractivity contribution in [2.24, 2.45) is 0 Å². The van der Waals surface area contributed by atoms with Crippen molar-refractivity contribution in [3.8, 4) is 0 Å². The van der Waals surface area contributed by atoms with Gasteiger partial charge in [-0.2, -0.15) is 0 Å². The number of nitrogens with zero attached hydrogens (tertiary/aromatic N) is 1. The van der Waals surface area contributed by atoms with Gasteiger partial charge in [0.05, 0.1) is 0 Å². The predicted molar refractivity (Wildman–Crippen MR) is 97.7 cm³/mol. The minimum Gasteiger partial charge on any atom is -0.444 e. The maximum absolute atomic E-state index is 12.2. The lowest BCUT2D eigenvalue weighted by molar-refractivity contribution is -0.131. The van der Waals surface area contributed by atoms with Crippen LogP contribution in [0.2, 0.25) is 0 Å². The van der Waals surface area contributed by atoms with Gasteiger partial charge in [-0.1, -0.05) is 0 Å². The molecule has 0 atom stereocenters. The Morgan fingerprint density at radius 2 is 1.92 bits per heavy atom. The molecule has 0 unspecified atom stereocenters. The first-order chi connectivity index (χ1) is 12.1. The first-order valence-electron chi connectivity index (χ1n) is 8.45. The molecule has 8 nitrogen and oxygen atoms in total. The van der Waals surface area contributed by atoms with Crippen LogP contribution in [-0.4, -0.2) is 54.1 Å². The van der Waals surface area contributed by atoms with Crippen molar-refractivity contribution in [1.29, 1.82) is 0 Å². The SMILES string of the molecule is CC(C)(C)OC(=O)NCC(=O)N1CCC(NC(=O)c2ccc(Br)o2)CC1. The molecular formula is C17H24BrN3O5. The van der Waals surface area contributed by atoms with Crippen molar-refractivity contribution in [2.45, 2.75) is 45.3 Å². The topological polar surface area (TPSA) is 101 Å². The highest BCUT2D eigenvalue weighted by molar-refractivity contribution is 9.10. The van der Waals surface area contributed by atoms with Gasteiger partial charge in [-0.3, -0.25) is 9.59 Å². The number of ether oxygens (including phenoxy) is 1. The monoisotopic (exact) mass is 429 g/mol. The Bertz CT molecular complexity index is 660. The number of hydrogen-bond acceptors (Lipinski definition) is 5. The molecule has 9 heteroatoms. The molecule has 2 rings (SSSR count). The second-order valence-electron chi connectivity index (χ2n) is 7.09. The Labute approximate surface area is 160 Å². The molecule has 0 aliphatic carbocycles. The van der Waals surface area contributed by atoms with Gasteiger partial charge in [0.2, 0.25) is 5.91 Å². The number of rotatable bonds is 4. The first kappa shape index (κ1) is 20.3. The average Bonchev–Trinajstić information content (AvgIpc) is 2.98. The van der Waals surface area contributed by atoms with Crippen molar-refractivity contribution >= 4 is 33.8 Å². The van der Waals surface area contributed by atoms with E-state index in [4.69, 9.17) is 9.15 Å². The quantitative estimate of drug-likeness (QED) is 0.764. The molecule has 1 aliphatic heterocycles. The summed E-state index contributed by atoms with van der Waals surface area (Å²) >= 11 is 3.16. The minimum atomic E-state index is -0.613. The fraction of sp³-hybridized carbons (Fsp3) is 0.588. The van der Waals surface area contributed by atoms with Crippen molar-refractivity contribution in [1.82, 2.24) is 15.5 Å². The van der Waals surface area contributed by atoms with Gasteiger partial charge in [-0.15, -0.1) is 0 Å². The van der Waals surface area contributed by atoms with E-state index < -0.39 is 11.7 Å². The molecule has 1 aliphatic rings. The van der Waals surface area contributed by atoms with Gasteiger partial charge >= 0.3 is 6.09 Å². The summed E-state index contributed by atoms with van der Waals surface area (Å²) in [5.41, 5.74) is -0.604. The summed E-state index contributed by atoms with van der Waals surface area (Å²) in [7, 11) is 0. The number of halogens is 1. The number of carbonyl (C=O) groups is 3. The molecule has 1 aromatic rings. The molecule has 2 heterocycles. The number of amides is 3. The molecule has 1 fully saturated rings. The second kappa shape index (κ2) is 8.57. The molecule has 0 aromatic carbocycles. The van der Waals surface area contributed by atoms with Gasteiger partial charge in [0.25, 0.3) is 5.91 Å². The Kier molecular flexibility index (Phi) is 6.69. The molecule has 0 bridgehead atoms. The summed E-state index contributed by atoms with van der Waals surface area (Å²) in [6.45, 7) is 6.20. The van der Waals surface area contributed by atoms with E-state index in [1.165, 1.54) is 0 Å². The van der Waals surface area contributed by atoms with Crippen LogP contribution < -0.4 is 10.6 Å². The highest BCUT2D eigenvalue weighted by Gasteiger charge is 2.25. The third kappa shape index (κ3) is 6.36. The zero-order valence-electron chi connectivity index (χ0n) is 15.1. The van der Waals surface area contributed by atoms with Crippen LogP contribution >= 0.6 is 15.9 Å². The van der Waals surface area contributed by atoms with Gasteiger partial charge in [-0.05, 0) is 61.7 Å². The fourth-order valence-corrected chi connectivity index (χ4v) is 2.85. The second-order valence-corrected chi connectivity index (χ2v) is 7.87. The Hall–Kier alpha value is -2.03. The lowest BCUT2D eigenvalue weighted by Crippen LogP contribution is -2.49. The van der Waals surface area contributed by atoms with E-state index >= 15 is 0 Å². The molecule has 2 N–H and O–H groups in total. The number of hydrogen-bond donors (Lipinski definition) is 2. The lowest BCUT2D eigenvalue weighted by Gasteiger charge is -2.32. The van der Waals surface area contributed by atoms with E-state index in [0.717, 1.165) is 0 Å². The van der Waals surface area contributed by atoms with Crippen LogP contribution in [0.25, 0.3) is 0 Å². The summed E-state index contributed by atoms with van der Waals surface area (Å²) in [6, 6.07) is 3.24. The van der Waals surface area contributed by atoms with E-state index in [-0.39, 0.29) is 30.2 Å². The minimum absolute atomic E-state index is 0.0192. The molecule has 0 radical (unpaired) electrons. The molecule has 144 valence electrons. The van der Waals surface area contributed by atoms with Crippen molar-refractivity contribution in [3.63, 3.8) is 0 Å². The van der Waals surface area contributed by atoms with Crippen molar-refractivity contribution in [2.75, 3.05) is 19.6 Å². The maximum Gasteiger partial charge on any atom is 0.408 e. The van der Waals surface area contributed by atoms with E-state index in [9.17, 15) is 14.4 Å². The summed E-state index contributed by atoms with van der Waals surface area (Å²) < 4.78 is 10.8. The maximum atomic E-state index is 12.2. The van der Waals surface area contributed by atoms with Crippen molar-refractivity contribution < 1.29 is 23.5 Å².